The second-order valence-electron chi connectivity index (χ2n) is 5.70. The van der Waals surface area contributed by atoms with E-state index in [-0.39, 0.29) is 0 Å². The Morgan fingerprint density at radius 3 is 2.62 bits per heavy atom. The number of rotatable bonds is 6. The molecular formula is C19H24IN. The molecule has 2 aromatic carbocycles. The Labute approximate surface area is 142 Å². The third-order valence-electron chi connectivity index (χ3n) is 3.82. The molecule has 2 heteroatoms. The summed E-state index contributed by atoms with van der Waals surface area (Å²) in [6, 6.07) is 16.0. The van der Waals surface area contributed by atoms with Crippen LogP contribution in [0.3, 0.4) is 0 Å². The zero-order valence-corrected chi connectivity index (χ0v) is 15.3. The highest BCUT2D eigenvalue weighted by atomic mass is 127. The fourth-order valence-electron chi connectivity index (χ4n) is 2.59. The standard InChI is InChI=1S/C19H24IN/c1-4-10-21-19(16-6-5-7-18(20)12-16)13-17-11-14(2)8-9-15(17)3/h5-9,11-12,19,21H,4,10,13H2,1-3H3. The molecule has 0 aromatic heterocycles. The Morgan fingerprint density at radius 2 is 1.90 bits per heavy atom. The van der Waals surface area contributed by atoms with Crippen LogP contribution >= 0.6 is 22.6 Å². The van der Waals surface area contributed by atoms with Crippen LogP contribution in [0, 0.1) is 17.4 Å². The molecule has 2 aromatic rings. The lowest BCUT2D eigenvalue weighted by Crippen LogP contribution is -2.24. The number of halogens is 1. The van der Waals surface area contributed by atoms with E-state index in [1.807, 2.05) is 0 Å². The first kappa shape index (κ1) is 16.5. The fourth-order valence-corrected chi connectivity index (χ4v) is 3.16. The second-order valence-corrected chi connectivity index (χ2v) is 6.94. The highest BCUT2D eigenvalue weighted by molar-refractivity contribution is 14.1. The molecule has 1 atom stereocenters. The van der Waals surface area contributed by atoms with E-state index in [9.17, 15) is 0 Å². The van der Waals surface area contributed by atoms with Crippen LogP contribution in [0.15, 0.2) is 42.5 Å². The molecule has 0 aliphatic rings. The van der Waals surface area contributed by atoms with Crippen LogP contribution in [0.5, 0.6) is 0 Å². The predicted octanol–water partition coefficient (Wildman–Crippen LogP) is 5.19. The van der Waals surface area contributed by atoms with Gasteiger partial charge in [0.25, 0.3) is 0 Å². The predicted molar refractivity (Wildman–Crippen MR) is 99.8 cm³/mol. The SMILES string of the molecule is CCCNC(Cc1cc(C)ccc1C)c1cccc(I)c1. The summed E-state index contributed by atoms with van der Waals surface area (Å²) in [5.41, 5.74) is 5.56. The van der Waals surface area contributed by atoms with Crippen molar-refractivity contribution in [2.24, 2.45) is 0 Å². The van der Waals surface area contributed by atoms with E-state index in [4.69, 9.17) is 0 Å². The maximum Gasteiger partial charge on any atom is 0.0361 e. The van der Waals surface area contributed by atoms with Gasteiger partial charge in [-0.2, -0.15) is 0 Å². The third kappa shape index (κ3) is 4.82. The van der Waals surface area contributed by atoms with Crippen LogP contribution in [-0.4, -0.2) is 6.54 Å². The maximum absolute atomic E-state index is 3.70. The molecule has 0 saturated heterocycles. The molecule has 2 rings (SSSR count). The first-order valence-electron chi connectivity index (χ1n) is 7.65. The molecule has 0 bridgehead atoms. The van der Waals surface area contributed by atoms with E-state index >= 15 is 0 Å². The minimum absolute atomic E-state index is 0.389. The van der Waals surface area contributed by atoms with Gasteiger partial charge in [0.05, 0.1) is 0 Å². The Morgan fingerprint density at radius 1 is 1.10 bits per heavy atom. The van der Waals surface area contributed by atoms with E-state index in [0.717, 1.165) is 19.4 Å². The van der Waals surface area contributed by atoms with Crippen molar-refractivity contribution in [3.8, 4) is 0 Å². The van der Waals surface area contributed by atoms with E-state index < -0.39 is 0 Å². The molecule has 0 saturated carbocycles. The lowest BCUT2D eigenvalue weighted by atomic mass is 9.95. The minimum atomic E-state index is 0.389. The number of nitrogens with one attached hydrogen (secondary N) is 1. The molecule has 1 unspecified atom stereocenters. The van der Waals surface area contributed by atoms with Crippen molar-refractivity contribution in [3.63, 3.8) is 0 Å². The average molecular weight is 393 g/mol. The van der Waals surface area contributed by atoms with E-state index in [1.165, 1.54) is 25.8 Å². The van der Waals surface area contributed by atoms with Crippen molar-refractivity contribution in [2.45, 2.75) is 39.7 Å². The van der Waals surface area contributed by atoms with Crippen molar-refractivity contribution in [3.05, 3.63) is 68.3 Å². The van der Waals surface area contributed by atoms with Gasteiger partial charge in [-0.15, -0.1) is 0 Å². The van der Waals surface area contributed by atoms with Crippen molar-refractivity contribution in [2.75, 3.05) is 6.54 Å². The number of hydrogen-bond acceptors (Lipinski definition) is 1. The monoisotopic (exact) mass is 393 g/mol. The summed E-state index contributed by atoms with van der Waals surface area (Å²) in [7, 11) is 0. The Balaban J connectivity index is 2.25. The summed E-state index contributed by atoms with van der Waals surface area (Å²) in [5.74, 6) is 0. The molecule has 0 aliphatic heterocycles. The van der Waals surface area contributed by atoms with Gasteiger partial charge in [0.1, 0.15) is 0 Å². The highest BCUT2D eigenvalue weighted by Gasteiger charge is 2.13. The molecule has 0 spiro atoms. The topological polar surface area (TPSA) is 12.0 Å². The smallest absolute Gasteiger partial charge is 0.0361 e. The van der Waals surface area contributed by atoms with Gasteiger partial charge in [-0.25, -0.2) is 0 Å². The van der Waals surface area contributed by atoms with Gasteiger partial charge in [-0.05, 0) is 84.6 Å². The Kier molecular flexibility index (Phi) is 6.24. The molecule has 0 radical (unpaired) electrons. The zero-order valence-electron chi connectivity index (χ0n) is 13.1. The van der Waals surface area contributed by atoms with Crippen LogP contribution in [0.1, 0.15) is 41.6 Å². The molecule has 21 heavy (non-hydrogen) atoms. The van der Waals surface area contributed by atoms with Gasteiger partial charge in [0.2, 0.25) is 0 Å². The number of hydrogen-bond donors (Lipinski definition) is 1. The van der Waals surface area contributed by atoms with Crippen molar-refractivity contribution >= 4 is 22.6 Å². The zero-order chi connectivity index (χ0) is 15.2. The number of benzene rings is 2. The van der Waals surface area contributed by atoms with E-state index in [0.29, 0.717) is 6.04 Å². The Hall–Kier alpha value is -0.870. The summed E-state index contributed by atoms with van der Waals surface area (Å²) in [5, 5.41) is 3.70. The molecule has 0 amide bonds. The normalized spacial score (nSPS) is 12.4. The summed E-state index contributed by atoms with van der Waals surface area (Å²) < 4.78 is 1.30. The van der Waals surface area contributed by atoms with E-state index in [2.05, 4.69) is 91.1 Å². The van der Waals surface area contributed by atoms with Crippen molar-refractivity contribution < 1.29 is 0 Å². The Bertz CT molecular complexity index is 592. The quantitative estimate of drug-likeness (QED) is 0.666. The van der Waals surface area contributed by atoms with Gasteiger partial charge < -0.3 is 5.32 Å². The fraction of sp³-hybridized carbons (Fsp3) is 0.368. The van der Waals surface area contributed by atoms with Gasteiger partial charge in [-0.1, -0.05) is 42.8 Å². The number of aryl methyl sites for hydroxylation is 2. The van der Waals surface area contributed by atoms with E-state index in [1.54, 1.807) is 0 Å². The summed E-state index contributed by atoms with van der Waals surface area (Å²) in [4.78, 5) is 0. The molecular weight excluding hydrogens is 369 g/mol. The lowest BCUT2D eigenvalue weighted by molar-refractivity contribution is 0.528. The minimum Gasteiger partial charge on any atom is -0.310 e. The maximum atomic E-state index is 3.70. The molecule has 1 N–H and O–H groups in total. The molecule has 112 valence electrons. The van der Waals surface area contributed by atoms with Gasteiger partial charge in [0.15, 0.2) is 0 Å². The van der Waals surface area contributed by atoms with Crippen molar-refractivity contribution in [1.29, 1.82) is 0 Å². The van der Waals surface area contributed by atoms with Crippen molar-refractivity contribution in [1.82, 2.24) is 5.32 Å². The average Bonchev–Trinajstić information content (AvgIpc) is 2.47. The largest absolute Gasteiger partial charge is 0.310 e. The molecule has 0 fully saturated rings. The van der Waals surface area contributed by atoms with Crippen LogP contribution in [-0.2, 0) is 6.42 Å². The second kappa shape index (κ2) is 7.95. The third-order valence-corrected chi connectivity index (χ3v) is 4.49. The molecule has 1 nitrogen and oxygen atoms in total. The highest BCUT2D eigenvalue weighted by Crippen LogP contribution is 2.23. The van der Waals surface area contributed by atoms with Crippen LogP contribution in [0.2, 0.25) is 0 Å². The van der Waals surface area contributed by atoms with Crippen LogP contribution < -0.4 is 5.32 Å². The summed E-state index contributed by atoms with van der Waals surface area (Å²) in [6.45, 7) is 7.65. The molecule has 0 heterocycles. The lowest BCUT2D eigenvalue weighted by Gasteiger charge is -2.21. The van der Waals surface area contributed by atoms with Gasteiger partial charge in [-0.3, -0.25) is 0 Å². The first-order valence-corrected chi connectivity index (χ1v) is 8.73. The summed E-state index contributed by atoms with van der Waals surface area (Å²) in [6.07, 6.45) is 2.21. The van der Waals surface area contributed by atoms with Crippen LogP contribution in [0.4, 0.5) is 0 Å². The van der Waals surface area contributed by atoms with Crippen LogP contribution in [0.25, 0.3) is 0 Å². The first-order chi connectivity index (χ1) is 10.1. The van der Waals surface area contributed by atoms with Gasteiger partial charge in [0, 0.05) is 9.61 Å². The molecule has 0 aliphatic carbocycles. The summed E-state index contributed by atoms with van der Waals surface area (Å²) >= 11 is 2.39. The van der Waals surface area contributed by atoms with Gasteiger partial charge >= 0.3 is 0 Å².